The minimum atomic E-state index is -0.864. The Balaban J connectivity index is 1.34. The van der Waals surface area contributed by atoms with Crippen LogP contribution in [0, 0.1) is 23.6 Å². The summed E-state index contributed by atoms with van der Waals surface area (Å²) < 4.78 is 17.3. The van der Waals surface area contributed by atoms with E-state index in [1.165, 1.54) is 12.1 Å². The Hall–Kier alpha value is -3.80. The highest BCUT2D eigenvalue weighted by Gasteiger charge is 2.48. The number of halogens is 1. The summed E-state index contributed by atoms with van der Waals surface area (Å²) >= 11 is 0. The molecule has 2 saturated carbocycles. The van der Waals surface area contributed by atoms with Crippen LogP contribution in [0.5, 0.6) is 0 Å². The summed E-state index contributed by atoms with van der Waals surface area (Å²) in [5, 5.41) is 12.8. The van der Waals surface area contributed by atoms with E-state index in [-0.39, 0.29) is 41.8 Å². The quantitative estimate of drug-likeness (QED) is 0.309. The SMILES string of the molecule is CCC(=O)N[C@@H](C(=O)N1CCN(C)[C@H](C)C1)[C@@H](C)c1ccc(NC(=O)[C@@H](NC(=O)c2ccnn2CC)C(C2CC2)C2CC2)c(F)c1. The number of aromatic nitrogens is 2. The molecular weight excluding hydrogens is 589 g/mol. The lowest BCUT2D eigenvalue weighted by Crippen LogP contribution is -2.58. The normalized spacial score (nSPS) is 20.6. The van der Waals surface area contributed by atoms with Crippen molar-refractivity contribution >= 4 is 29.3 Å². The second-order valence-electron chi connectivity index (χ2n) is 13.3. The van der Waals surface area contributed by atoms with Crippen LogP contribution in [0.15, 0.2) is 30.5 Å². The molecule has 1 aromatic heterocycles. The smallest absolute Gasteiger partial charge is 0.270 e. The molecule has 4 amide bonds. The van der Waals surface area contributed by atoms with Gasteiger partial charge in [-0.3, -0.25) is 23.9 Å². The third kappa shape index (κ3) is 7.59. The third-order valence-corrected chi connectivity index (χ3v) is 9.99. The number of aryl methyl sites for hydroxylation is 1. The molecule has 46 heavy (non-hydrogen) atoms. The molecule has 1 aromatic carbocycles. The number of amides is 4. The largest absolute Gasteiger partial charge is 0.344 e. The van der Waals surface area contributed by atoms with Crippen LogP contribution < -0.4 is 16.0 Å². The van der Waals surface area contributed by atoms with E-state index < -0.39 is 29.7 Å². The minimum absolute atomic E-state index is 0.00231. The third-order valence-electron chi connectivity index (χ3n) is 9.99. The molecule has 3 fully saturated rings. The van der Waals surface area contributed by atoms with Gasteiger partial charge in [-0.1, -0.05) is 19.9 Å². The number of nitrogens with one attached hydrogen (secondary N) is 3. The van der Waals surface area contributed by atoms with Crippen LogP contribution in [0.1, 0.15) is 81.8 Å². The molecular formula is C34H48FN7O4. The summed E-state index contributed by atoms with van der Waals surface area (Å²) in [6.45, 7) is 9.80. The van der Waals surface area contributed by atoms with Gasteiger partial charge in [-0.25, -0.2) is 4.39 Å². The van der Waals surface area contributed by atoms with E-state index in [2.05, 4.69) is 32.9 Å². The summed E-state index contributed by atoms with van der Waals surface area (Å²) in [6, 6.07) is 4.62. The van der Waals surface area contributed by atoms with Crippen LogP contribution in [0.2, 0.25) is 0 Å². The molecule has 2 aliphatic carbocycles. The van der Waals surface area contributed by atoms with Gasteiger partial charge in [0.15, 0.2) is 0 Å². The number of rotatable bonds is 13. The van der Waals surface area contributed by atoms with Gasteiger partial charge >= 0.3 is 0 Å². The average Bonchev–Trinajstić information content (AvgIpc) is 4.00. The van der Waals surface area contributed by atoms with Gasteiger partial charge in [0.25, 0.3) is 5.91 Å². The molecule has 0 bridgehead atoms. The fraction of sp³-hybridized carbons (Fsp3) is 0.618. The molecule has 3 aliphatic rings. The van der Waals surface area contributed by atoms with Gasteiger partial charge in [0.05, 0.1) is 5.69 Å². The van der Waals surface area contributed by atoms with Gasteiger partial charge in [-0.2, -0.15) is 5.10 Å². The maximum atomic E-state index is 15.7. The van der Waals surface area contributed by atoms with Gasteiger partial charge < -0.3 is 25.8 Å². The lowest BCUT2D eigenvalue weighted by atomic mass is 9.88. The van der Waals surface area contributed by atoms with Crippen LogP contribution in [-0.2, 0) is 20.9 Å². The molecule has 5 rings (SSSR count). The molecule has 250 valence electrons. The highest BCUT2D eigenvalue weighted by Crippen LogP contribution is 2.51. The van der Waals surface area contributed by atoms with Gasteiger partial charge in [-0.05, 0) is 88.1 Å². The van der Waals surface area contributed by atoms with Crippen molar-refractivity contribution < 1.29 is 23.6 Å². The second kappa shape index (κ2) is 14.3. The standard InChI is InChI=1S/C34H48FN7O4/c1-6-28(43)38-30(34(46)41-17-16-40(5)20(3)19-41)21(4)24-12-13-26(25(35)18-24)37-33(45)31(29(22-8-9-22)23-10-11-23)39-32(44)27-14-15-36-42(27)7-2/h12-15,18,20-23,29-31H,6-11,16-17,19H2,1-5H3,(H,37,45)(H,38,43)(H,39,44)/t20-,21+,30-,31+/m1/s1. The zero-order valence-corrected chi connectivity index (χ0v) is 27.6. The molecule has 4 atom stereocenters. The maximum Gasteiger partial charge on any atom is 0.270 e. The van der Waals surface area contributed by atoms with Crippen LogP contribution >= 0.6 is 0 Å². The fourth-order valence-electron chi connectivity index (χ4n) is 6.66. The van der Waals surface area contributed by atoms with Crippen molar-refractivity contribution in [3.05, 3.63) is 47.5 Å². The number of piperazine rings is 1. The highest BCUT2D eigenvalue weighted by atomic mass is 19.1. The number of carbonyl (C=O) groups is 4. The molecule has 12 heteroatoms. The highest BCUT2D eigenvalue weighted by molar-refractivity contribution is 6.01. The molecule has 11 nitrogen and oxygen atoms in total. The van der Waals surface area contributed by atoms with Crippen LogP contribution in [0.3, 0.4) is 0 Å². The molecule has 2 heterocycles. The van der Waals surface area contributed by atoms with Crippen LogP contribution in [0.25, 0.3) is 0 Å². The summed E-state index contributed by atoms with van der Waals surface area (Å²) in [5.41, 5.74) is 0.900. The Labute approximate surface area is 270 Å². The van der Waals surface area contributed by atoms with E-state index in [1.54, 1.807) is 41.8 Å². The molecule has 0 unspecified atom stereocenters. The zero-order chi connectivity index (χ0) is 33.1. The predicted molar refractivity (Wildman–Crippen MR) is 172 cm³/mol. The molecule has 0 radical (unpaired) electrons. The number of anilines is 1. The zero-order valence-electron chi connectivity index (χ0n) is 27.6. The van der Waals surface area contributed by atoms with Crippen LogP contribution in [-0.4, -0.2) is 88.0 Å². The average molecular weight is 638 g/mol. The Morgan fingerprint density at radius 1 is 1.00 bits per heavy atom. The topological polar surface area (TPSA) is 129 Å². The molecule has 2 aromatic rings. The summed E-state index contributed by atoms with van der Waals surface area (Å²) in [7, 11) is 2.02. The van der Waals surface area contributed by atoms with Crippen molar-refractivity contribution in [3.8, 4) is 0 Å². The minimum Gasteiger partial charge on any atom is -0.344 e. The van der Waals surface area contributed by atoms with E-state index in [9.17, 15) is 19.2 Å². The van der Waals surface area contributed by atoms with Crippen molar-refractivity contribution in [1.82, 2.24) is 30.2 Å². The molecule has 3 N–H and O–H groups in total. The number of nitrogens with zero attached hydrogens (tertiary/aromatic N) is 4. The Bertz CT molecular complexity index is 1430. The number of benzene rings is 1. The predicted octanol–water partition coefficient (Wildman–Crippen LogP) is 3.38. The van der Waals surface area contributed by atoms with E-state index in [4.69, 9.17) is 0 Å². The van der Waals surface area contributed by atoms with Crippen molar-refractivity contribution in [1.29, 1.82) is 0 Å². The Morgan fingerprint density at radius 3 is 2.28 bits per heavy atom. The van der Waals surface area contributed by atoms with E-state index >= 15 is 4.39 Å². The summed E-state index contributed by atoms with van der Waals surface area (Å²) in [6.07, 6.45) is 5.82. The first-order chi connectivity index (χ1) is 22.0. The van der Waals surface area contributed by atoms with Crippen molar-refractivity contribution in [3.63, 3.8) is 0 Å². The first kappa shape index (κ1) is 33.6. The Morgan fingerprint density at radius 2 is 1.70 bits per heavy atom. The van der Waals surface area contributed by atoms with Gasteiger partial charge in [-0.15, -0.1) is 0 Å². The van der Waals surface area contributed by atoms with Crippen LogP contribution in [0.4, 0.5) is 10.1 Å². The first-order valence-electron chi connectivity index (χ1n) is 16.7. The molecule has 1 aliphatic heterocycles. The number of likely N-dealkylation sites (N-methyl/N-ethyl adjacent to an activating group) is 1. The summed E-state index contributed by atoms with van der Waals surface area (Å²) in [5.74, 6) is -1.77. The van der Waals surface area contributed by atoms with Crippen molar-refractivity contribution in [2.24, 2.45) is 17.8 Å². The fourth-order valence-corrected chi connectivity index (χ4v) is 6.66. The monoisotopic (exact) mass is 637 g/mol. The lowest BCUT2D eigenvalue weighted by Gasteiger charge is -2.40. The Kier molecular flexibility index (Phi) is 10.4. The van der Waals surface area contributed by atoms with Crippen molar-refractivity contribution in [2.75, 3.05) is 32.0 Å². The summed E-state index contributed by atoms with van der Waals surface area (Å²) in [4.78, 5) is 57.2. The number of hydrogen-bond donors (Lipinski definition) is 3. The number of carbonyl (C=O) groups excluding carboxylic acids is 4. The van der Waals surface area contributed by atoms with Gasteiger partial charge in [0.2, 0.25) is 17.7 Å². The van der Waals surface area contributed by atoms with E-state index in [0.717, 1.165) is 32.2 Å². The van der Waals surface area contributed by atoms with E-state index in [1.807, 2.05) is 14.0 Å². The lowest BCUT2D eigenvalue weighted by molar-refractivity contribution is -0.139. The maximum absolute atomic E-state index is 15.7. The van der Waals surface area contributed by atoms with Gasteiger partial charge in [0.1, 0.15) is 23.6 Å². The van der Waals surface area contributed by atoms with Gasteiger partial charge in [0, 0.05) is 50.8 Å². The first-order valence-corrected chi connectivity index (χ1v) is 16.7. The number of hydrogen-bond acceptors (Lipinski definition) is 6. The molecule has 0 spiro atoms. The second-order valence-corrected chi connectivity index (χ2v) is 13.3. The molecule has 1 saturated heterocycles. The van der Waals surface area contributed by atoms with E-state index in [0.29, 0.717) is 42.7 Å². The van der Waals surface area contributed by atoms with Crippen molar-refractivity contribution in [2.45, 2.75) is 90.4 Å².